The van der Waals surface area contributed by atoms with Crippen molar-refractivity contribution >= 4 is 5.69 Å². The molecule has 0 fully saturated rings. The van der Waals surface area contributed by atoms with Crippen LogP contribution in [-0.4, -0.2) is 32.5 Å². The van der Waals surface area contributed by atoms with Gasteiger partial charge in [-0.25, -0.2) is 0 Å². The summed E-state index contributed by atoms with van der Waals surface area (Å²) in [7, 11) is 3.63. The van der Waals surface area contributed by atoms with Crippen LogP contribution in [0.2, 0.25) is 0 Å². The van der Waals surface area contributed by atoms with Gasteiger partial charge >= 0.3 is 0 Å². The van der Waals surface area contributed by atoms with Gasteiger partial charge in [-0.2, -0.15) is 0 Å². The van der Waals surface area contributed by atoms with Crippen LogP contribution in [0.5, 0.6) is 5.75 Å². The third-order valence-electron chi connectivity index (χ3n) is 4.72. The summed E-state index contributed by atoms with van der Waals surface area (Å²) in [6, 6.07) is 16.5. The Balaban J connectivity index is 1.83. The SMILES string of the molecule is CNc1ccc2c(c1)C(OCCc1ccccc1)C(OC)C(C)(C)O2. The van der Waals surface area contributed by atoms with Crippen LogP contribution < -0.4 is 10.1 Å². The summed E-state index contributed by atoms with van der Waals surface area (Å²) in [4.78, 5) is 0. The molecule has 0 bridgehead atoms. The first-order valence-corrected chi connectivity index (χ1v) is 8.74. The van der Waals surface area contributed by atoms with Gasteiger partial charge in [0.05, 0.1) is 6.61 Å². The van der Waals surface area contributed by atoms with Gasteiger partial charge in [-0.3, -0.25) is 0 Å². The largest absolute Gasteiger partial charge is 0.485 e. The molecule has 0 aliphatic carbocycles. The molecule has 2 aromatic carbocycles. The van der Waals surface area contributed by atoms with Crippen molar-refractivity contribution in [2.24, 2.45) is 0 Å². The van der Waals surface area contributed by atoms with Crippen molar-refractivity contribution in [2.75, 3.05) is 26.1 Å². The minimum Gasteiger partial charge on any atom is -0.485 e. The van der Waals surface area contributed by atoms with Gasteiger partial charge in [-0.15, -0.1) is 0 Å². The number of benzene rings is 2. The molecule has 0 spiro atoms. The molecule has 4 heteroatoms. The van der Waals surface area contributed by atoms with Crippen molar-refractivity contribution in [1.29, 1.82) is 0 Å². The summed E-state index contributed by atoms with van der Waals surface area (Å²) in [6.45, 7) is 4.72. The number of hydrogen-bond donors (Lipinski definition) is 1. The zero-order valence-electron chi connectivity index (χ0n) is 15.4. The van der Waals surface area contributed by atoms with E-state index in [9.17, 15) is 0 Å². The minimum atomic E-state index is -0.458. The Hall–Kier alpha value is -2.04. The number of rotatable bonds is 6. The molecule has 2 aromatic rings. The first-order valence-electron chi connectivity index (χ1n) is 8.74. The van der Waals surface area contributed by atoms with Crippen LogP contribution in [0.15, 0.2) is 48.5 Å². The highest BCUT2D eigenvalue weighted by Gasteiger charge is 2.45. The molecule has 0 aromatic heterocycles. The fourth-order valence-corrected chi connectivity index (χ4v) is 3.42. The zero-order valence-corrected chi connectivity index (χ0v) is 15.4. The molecule has 1 heterocycles. The van der Waals surface area contributed by atoms with E-state index in [0.717, 1.165) is 23.4 Å². The smallest absolute Gasteiger partial charge is 0.132 e. The van der Waals surface area contributed by atoms with Gasteiger partial charge < -0.3 is 19.5 Å². The standard InChI is InChI=1S/C21H27NO3/c1-21(2)20(23-4)19(24-13-12-15-8-6-5-7-9-15)17-14-16(22-3)10-11-18(17)25-21/h5-11,14,19-20,22H,12-13H2,1-4H3. The lowest BCUT2D eigenvalue weighted by molar-refractivity contribution is -0.149. The Kier molecular flexibility index (Phi) is 5.30. The van der Waals surface area contributed by atoms with E-state index in [1.165, 1.54) is 5.56 Å². The molecule has 0 amide bonds. The number of fused-ring (bicyclic) bond motifs is 1. The summed E-state index contributed by atoms with van der Waals surface area (Å²) in [5.74, 6) is 0.863. The van der Waals surface area contributed by atoms with Crippen molar-refractivity contribution in [3.05, 3.63) is 59.7 Å². The van der Waals surface area contributed by atoms with Crippen LogP contribution in [0.1, 0.15) is 31.1 Å². The molecule has 0 radical (unpaired) electrons. The van der Waals surface area contributed by atoms with Gasteiger partial charge in [0.1, 0.15) is 23.6 Å². The van der Waals surface area contributed by atoms with E-state index < -0.39 is 5.60 Å². The van der Waals surface area contributed by atoms with E-state index in [1.807, 2.05) is 39.1 Å². The molecule has 1 N–H and O–H groups in total. The Bertz CT molecular complexity index is 700. The second-order valence-electron chi connectivity index (χ2n) is 6.89. The maximum atomic E-state index is 6.32. The van der Waals surface area contributed by atoms with Gasteiger partial charge in [-0.1, -0.05) is 30.3 Å². The zero-order chi connectivity index (χ0) is 17.9. The Morgan fingerprint density at radius 1 is 1.12 bits per heavy atom. The summed E-state index contributed by atoms with van der Waals surface area (Å²) in [5, 5.41) is 3.18. The van der Waals surface area contributed by atoms with E-state index >= 15 is 0 Å². The molecule has 134 valence electrons. The van der Waals surface area contributed by atoms with E-state index in [0.29, 0.717) is 6.61 Å². The van der Waals surface area contributed by atoms with Gasteiger partial charge in [-0.05, 0) is 44.0 Å². The molecule has 2 atom stereocenters. The van der Waals surface area contributed by atoms with Gasteiger partial charge in [0.2, 0.25) is 0 Å². The topological polar surface area (TPSA) is 39.7 Å². The maximum absolute atomic E-state index is 6.32. The minimum absolute atomic E-state index is 0.166. The lowest BCUT2D eigenvalue weighted by Crippen LogP contribution is -2.50. The average Bonchev–Trinajstić information content (AvgIpc) is 2.61. The molecular formula is C21H27NO3. The Labute approximate surface area is 150 Å². The van der Waals surface area contributed by atoms with Crippen molar-refractivity contribution in [3.8, 4) is 5.75 Å². The highest BCUT2D eigenvalue weighted by atomic mass is 16.6. The van der Waals surface area contributed by atoms with Gasteiger partial charge in [0.15, 0.2) is 0 Å². The predicted octanol–water partition coefficient (Wildman–Crippen LogP) is 4.21. The van der Waals surface area contributed by atoms with Crippen molar-refractivity contribution in [1.82, 2.24) is 0 Å². The quantitative estimate of drug-likeness (QED) is 0.854. The number of methoxy groups -OCH3 is 1. The van der Waals surface area contributed by atoms with Crippen LogP contribution >= 0.6 is 0 Å². The van der Waals surface area contributed by atoms with Crippen molar-refractivity contribution in [2.45, 2.75) is 38.1 Å². The normalized spacial score (nSPS) is 21.3. The summed E-state index contributed by atoms with van der Waals surface area (Å²) in [5.41, 5.74) is 2.88. The second kappa shape index (κ2) is 7.46. The molecule has 3 rings (SSSR count). The van der Waals surface area contributed by atoms with Crippen LogP contribution in [0.3, 0.4) is 0 Å². The first kappa shape index (κ1) is 17.8. The number of nitrogens with one attached hydrogen (secondary N) is 1. The predicted molar refractivity (Wildman–Crippen MR) is 100 cm³/mol. The van der Waals surface area contributed by atoms with Gasteiger partial charge in [0, 0.05) is 25.4 Å². The molecule has 25 heavy (non-hydrogen) atoms. The molecular weight excluding hydrogens is 314 g/mol. The monoisotopic (exact) mass is 341 g/mol. The third kappa shape index (κ3) is 3.80. The lowest BCUT2D eigenvalue weighted by Gasteiger charge is -2.43. The molecule has 0 saturated carbocycles. The number of ether oxygens (including phenoxy) is 3. The lowest BCUT2D eigenvalue weighted by atomic mass is 9.88. The number of anilines is 1. The second-order valence-corrected chi connectivity index (χ2v) is 6.89. The van der Waals surface area contributed by atoms with Crippen molar-refractivity contribution < 1.29 is 14.2 Å². The van der Waals surface area contributed by atoms with E-state index in [2.05, 4.69) is 35.6 Å². The third-order valence-corrected chi connectivity index (χ3v) is 4.72. The highest BCUT2D eigenvalue weighted by Crippen LogP contribution is 2.44. The molecule has 1 aliphatic heterocycles. The Morgan fingerprint density at radius 3 is 2.56 bits per heavy atom. The van der Waals surface area contributed by atoms with E-state index in [4.69, 9.17) is 14.2 Å². The highest BCUT2D eigenvalue weighted by molar-refractivity contribution is 5.53. The fourth-order valence-electron chi connectivity index (χ4n) is 3.42. The Morgan fingerprint density at radius 2 is 1.88 bits per heavy atom. The summed E-state index contributed by atoms with van der Waals surface area (Å²) < 4.78 is 18.3. The van der Waals surface area contributed by atoms with Crippen LogP contribution in [-0.2, 0) is 15.9 Å². The molecule has 4 nitrogen and oxygen atoms in total. The maximum Gasteiger partial charge on any atom is 0.132 e. The summed E-state index contributed by atoms with van der Waals surface area (Å²) >= 11 is 0. The van der Waals surface area contributed by atoms with Gasteiger partial charge in [0.25, 0.3) is 0 Å². The van der Waals surface area contributed by atoms with Crippen LogP contribution in [0, 0.1) is 0 Å². The van der Waals surface area contributed by atoms with Crippen LogP contribution in [0.25, 0.3) is 0 Å². The fraction of sp³-hybridized carbons (Fsp3) is 0.429. The first-order chi connectivity index (χ1) is 12.0. The number of hydrogen-bond acceptors (Lipinski definition) is 4. The van der Waals surface area contributed by atoms with Crippen LogP contribution in [0.4, 0.5) is 5.69 Å². The molecule has 2 unspecified atom stereocenters. The van der Waals surface area contributed by atoms with E-state index in [-0.39, 0.29) is 12.2 Å². The molecule has 1 aliphatic rings. The van der Waals surface area contributed by atoms with Crippen molar-refractivity contribution in [3.63, 3.8) is 0 Å². The average molecular weight is 341 g/mol. The summed E-state index contributed by atoms with van der Waals surface area (Å²) in [6.07, 6.45) is 0.527. The van der Waals surface area contributed by atoms with E-state index in [1.54, 1.807) is 7.11 Å². The molecule has 0 saturated heterocycles.